The van der Waals surface area contributed by atoms with E-state index in [0.29, 0.717) is 32.0 Å². The van der Waals surface area contributed by atoms with Crippen LogP contribution < -0.4 is 11.1 Å². The van der Waals surface area contributed by atoms with Crippen molar-refractivity contribution in [3.63, 3.8) is 0 Å². The van der Waals surface area contributed by atoms with Crippen LogP contribution in [0.2, 0.25) is 0 Å². The smallest absolute Gasteiger partial charge is 0.220 e. The Kier molecular flexibility index (Phi) is 7.39. The van der Waals surface area contributed by atoms with Gasteiger partial charge in [-0.1, -0.05) is 33.1 Å². The first-order chi connectivity index (χ1) is 9.08. The topological polar surface area (TPSA) is 64.3 Å². The average molecular weight is 270 g/mol. The predicted octanol–water partition coefficient (Wildman–Crippen LogP) is 2.07. The van der Waals surface area contributed by atoms with Crippen molar-refractivity contribution in [2.45, 2.75) is 52.4 Å². The monoisotopic (exact) mass is 270 g/mol. The number of ether oxygens (including phenoxy) is 1. The normalized spacial score (nSPS) is 18.5. The molecule has 1 aliphatic rings. The molecule has 0 atom stereocenters. The van der Waals surface area contributed by atoms with Gasteiger partial charge in [0.05, 0.1) is 6.61 Å². The molecule has 0 aromatic heterocycles. The summed E-state index contributed by atoms with van der Waals surface area (Å²) in [6, 6.07) is 0. The molecule has 0 aromatic rings. The summed E-state index contributed by atoms with van der Waals surface area (Å²) < 4.78 is 5.45. The third-order valence-corrected chi connectivity index (χ3v) is 3.90. The van der Waals surface area contributed by atoms with Gasteiger partial charge in [-0.3, -0.25) is 4.79 Å². The van der Waals surface area contributed by atoms with Gasteiger partial charge in [0.15, 0.2) is 0 Å². The van der Waals surface area contributed by atoms with Crippen molar-refractivity contribution in [3.05, 3.63) is 0 Å². The molecule has 112 valence electrons. The molecule has 0 aromatic carbocycles. The molecule has 1 aliphatic carbocycles. The van der Waals surface area contributed by atoms with Gasteiger partial charge in [-0.05, 0) is 30.7 Å². The van der Waals surface area contributed by atoms with Crippen molar-refractivity contribution in [1.82, 2.24) is 5.32 Å². The summed E-state index contributed by atoms with van der Waals surface area (Å²) in [5.74, 6) is 0.666. The lowest BCUT2D eigenvalue weighted by Crippen LogP contribution is -2.39. The van der Waals surface area contributed by atoms with Crippen molar-refractivity contribution in [1.29, 1.82) is 0 Å². The highest BCUT2D eigenvalue weighted by atomic mass is 16.5. The molecule has 4 nitrogen and oxygen atoms in total. The Morgan fingerprint density at radius 3 is 2.58 bits per heavy atom. The minimum Gasteiger partial charge on any atom is -0.379 e. The van der Waals surface area contributed by atoms with Crippen molar-refractivity contribution >= 4 is 5.91 Å². The zero-order valence-corrected chi connectivity index (χ0v) is 12.5. The molecule has 0 aliphatic heterocycles. The first kappa shape index (κ1) is 16.4. The van der Waals surface area contributed by atoms with E-state index in [0.717, 1.165) is 19.4 Å². The lowest BCUT2D eigenvalue weighted by molar-refractivity contribution is -0.124. The van der Waals surface area contributed by atoms with Crippen LogP contribution in [0.15, 0.2) is 0 Å². The summed E-state index contributed by atoms with van der Waals surface area (Å²) in [7, 11) is 0. The molecule has 1 amide bonds. The van der Waals surface area contributed by atoms with E-state index < -0.39 is 0 Å². The third-order valence-electron chi connectivity index (χ3n) is 3.90. The quantitative estimate of drug-likeness (QED) is 0.664. The number of carbonyl (C=O) groups excluding carboxylic acids is 1. The van der Waals surface area contributed by atoms with Gasteiger partial charge in [-0.15, -0.1) is 0 Å². The van der Waals surface area contributed by atoms with E-state index in [1.54, 1.807) is 0 Å². The summed E-state index contributed by atoms with van der Waals surface area (Å²) in [6.07, 6.45) is 6.48. The predicted molar refractivity (Wildman–Crippen MR) is 77.9 cm³/mol. The number of rotatable bonds is 8. The molecular formula is C15H30N2O2. The number of carbonyl (C=O) groups is 1. The van der Waals surface area contributed by atoms with Crippen LogP contribution >= 0.6 is 0 Å². The van der Waals surface area contributed by atoms with Crippen LogP contribution in [-0.2, 0) is 9.53 Å². The van der Waals surface area contributed by atoms with Crippen molar-refractivity contribution in [2.75, 3.05) is 26.3 Å². The van der Waals surface area contributed by atoms with Crippen LogP contribution in [0, 0.1) is 11.3 Å². The van der Waals surface area contributed by atoms with E-state index >= 15 is 0 Å². The molecular weight excluding hydrogens is 240 g/mol. The van der Waals surface area contributed by atoms with Crippen molar-refractivity contribution in [3.8, 4) is 0 Å². The second kappa shape index (κ2) is 8.54. The van der Waals surface area contributed by atoms with Gasteiger partial charge in [-0.2, -0.15) is 0 Å². The average Bonchev–Trinajstić information content (AvgIpc) is 2.39. The number of hydrogen-bond donors (Lipinski definition) is 2. The fourth-order valence-corrected chi connectivity index (χ4v) is 2.74. The molecule has 19 heavy (non-hydrogen) atoms. The fraction of sp³-hybridized carbons (Fsp3) is 0.933. The minimum absolute atomic E-state index is 0.0567. The largest absolute Gasteiger partial charge is 0.379 e. The lowest BCUT2D eigenvalue weighted by atomic mass is 9.72. The van der Waals surface area contributed by atoms with Crippen LogP contribution in [-0.4, -0.2) is 32.2 Å². The van der Waals surface area contributed by atoms with Gasteiger partial charge in [0.2, 0.25) is 5.91 Å². The minimum atomic E-state index is 0.0567. The second-order valence-corrected chi connectivity index (χ2v) is 6.26. The molecule has 3 N–H and O–H groups in total. The van der Waals surface area contributed by atoms with Crippen molar-refractivity contribution in [2.24, 2.45) is 17.1 Å². The van der Waals surface area contributed by atoms with Crippen LogP contribution in [0.5, 0.6) is 0 Å². The fourth-order valence-electron chi connectivity index (χ4n) is 2.74. The molecule has 0 unspecified atom stereocenters. The number of nitrogens with one attached hydrogen (secondary N) is 1. The van der Waals surface area contributed by atoms with Crippen LogP contribution in [0.1, 0.15) is 52.4 Å². The van der Waals surface area contributed by atoms with Gasteiger partial charge in [-0.25, -0.2) is 0 Å². The Bertz CT molecular complexity index is 261. The van der Waals surface area contributed by atoms with Crippen molar-refractivity contribution < 1.29 is 9.53 Å². The van der Waals surface area contributed by atoms with Crippen LogP contribution in [0.3, 0.4) is 0 Å². The molecule has 0 radical (unpaired) electrons. The zero-order chi connectivity index (χ0) is 14.1. The highest BCUT2D eigenvalue weighted by molar-refractivity contribution is 5.76. The standard InChI is InChI=1S/C15H30N2O2/c1-13(2)11-19-9-8-17-14(18)10-15(12-16)6-4-3-5-7-15/h13H,3-12,16H2,1-2H3,(H,17,18). The van der Waals surface area contributed by atoms with Gasteiger partial charge in [0.25, 0.3) is 0 Å². The van der Waals surface area contributed by atoms with Crippen LogP contribution in [0.25, 0.3) is 0 Å². The van der Waals surface area contributed by atoms with Crippen LogP contribution in [0.4, 0.5) is 0 Å². The lowest BCUT2D eigenvalue weighted by Gasteiger charge is -2.35. The highest BCUT2D eigenvalue weighted by Crippen LogP contribution is 2.38. The molecule has 0 heterocycles. The maximum absolute atomic E-state index is 12.0. The Morgan fingerprint density at radius 1 is 1.32 bits per heavy atom. The van der Waals surface area contributed by atoms with Gasteiger partial charge in [0, 0.05) is 19.6 Å². The summed E-state index contributed by atoms with van der Waals surface area (Å²) in [5, 5.41) is 2.94. The Morgan fingerprint density at radius 2 is 2.00 bits per heavy atom. The van der Waals surface area contributed by atoms with E-state index in [4.69, 9.17) is 10.5 Å². The van der Waals surface area contributed by atoms with Gasteiger partial charge in [0.1, 0.15) is 0 Å². The van der Waals surface area contributed by atoms with E-state index in [1.165, 1.54) is 19.3 Å². The van der Waals surface area contributed by atoms with Gasteiger partial charge >= 0.3 is 0 Å². The molecule has 1 fully saturated rings. The third kappa shape index (κ3) is 6.39. The molecule has 0 saturated heterocycles. The Hall–Kier alpha value is -0.610. The van der Waals surface area contributed by atoms with E-state index in [2.05, 4.69) is 19.2 Å². The second-order valence-electron chi connectivity index (χ2n) is 6.26. The number of amides is 1. The summed E-state index contributed by atoms with van der Waals surface area (Å²) in [6.45, 7) is 6.82. The molecule has 1 rings (SSSR count). The first-order valence-corrected chi connectivity index (χ1v) is 7.62. The zero-order valence-electron chi connectivity index (χ0n) is 12.5. The Labute approximate surface area is 117 Å². The van der Waals surface area contributed by atoms with E-state index in [1.807, 2.05) is 0 Å². The number of nitrogens with two attached hydrogens (primary N) is 1. The maximum atomic E-state index is 12.0. The van der Waals surface area contributed by atoms with E-state index in [9.17, 15) is 4.79 Å². The first-order valence-electron chi connectivity index (χ1n) is 7.62. The maximum Gasteiger partial charge on any atom is 0.220 e. The Balaban J connectivity index is 2.18. The van der Waals surface area contributed by atoms with E-state index in [-0.39, 0.29) is 11.3 Å². The SMILES string of the molecule is CC(C)COCCNC(=O)CC1(CN)CCCCC1. The summed E-state index contributed by atoms with van der Waals surface area (Å²) in [4.78, 5) is 12.0. The highest BCUT2D eigenvalue weighted by Gasteiger charge is 2.32. The summed E-state index contributed by atoms with van der Waals surface area (Å²) >= 11 is 0. The van der Waals surface area contributed by atoms with Gasteiger partial charge < -0.3 is 15.8 Å². The molecule has 0 spiro atoms. The molecule has 4 heteroatoms. The number of hydrogen-bond acceptors (Lipinski definition) is 3. The molecule has 1 saturated carbocycles. The molecule has 0 bridgehead atoms. The summed E-state index contributed by atoms with van der Waals surface area (Å²) in [5.41, 5.74) is 5.95.